The number of benzene rings is 2. The molecule has 0 radical (unpaired) electrons. The Morgan fingerprint density at radius 3 is 2.76 bits per heavy atom. The monoisotopic (exact) mass is 489 g/mol. The largest absolute Gasteiger partial charge is 0.493 e. The number of fused-ring (bicyclic) bond motifs is 1. The maximum Gasteiger partial charge on any atom is 0.236 e. The van der Waals surface area contributed by atoms with E-state index in [1.165, 1.54) is 6.33 Å². The van der Waals surface area contributed by atoms with Gasteiger partial charge in [-0.05, 0) is 49.7 Å². The van der Waals surface area contributed by atoms with Crippen LogP contribution in [0.3, 0.4) is 0 Å². The van der Waals surface area contributed by atoms with Crippen molar-refractivity contribution < 1.29 is 14.3 Å². The minimum absolute atomic E-state index is 0.0872. The molecule has 33 heavy (non-hydrogen) atoms. The number of amides is 1. The molecule has 1 atom stereocenters. The highest BCUT2D eigenvalue weighted by molar-refractivity contribution is 6.30. The highest BCUT2D eigenvalue weighted by Gasteiger charge is 2.21. The summed E-state index contributed by atoms with van der Waals surface area (Å²) in [7, 11) is 1.61. The van der Waals surface area contributed by atoms with Gasteiger partial charge in [-0.15, -0.1) is 0 Å². The Morgan fingerprint density at radius 1 is 1.21 bits per heavy atom. The molecule has 1 amide bonds. The lowest BCUT2D eigenvalue weighted by atomic mass is 10.0. The Hall–Kier alpha value is -2.81. The van der Waals surface area contributed by atoms with E-state index in [2.05, 4.69) is 25.4 Å². The lowest BCUT2D eigenvalue weighted by molar-refractivity contribution is -0.119. The fourth-order valence-electron chi connectivity index (χ4n) is 3.89. The zero-order chi connectivity index (χ0) is 23.2. The van der Waals surface area contributed by atoms with E-state index in [1.54, 1.807) is 19.2 Å². The summed E-state index contributed by atoms with van der Waals surface area (Å²) in [4.78, 5) is 23.1. The van der Waals surface area contributed by atoms with Gasteiger partial charge >= 0.3 is 0 Å². The normalized spacial score (nSPS) is 15.1. The summed E-state index contributed by atoms with van der Waals surface area (Å²) in [6.45, 7) is 1.83. The predicted octanol–water partition coefficient (Wildman–Crippen LogP) is 4.24. The first-order valence-electron chi connectivity index (χ1n) is 10.7. The van der Waals surface area contributed by atoms with Gasteiger partial charge in [0.15, 0.2) is 11.5 Å². The molecule has 1 unspecified atom stereocenters. The quantitative estimate of drug-likeness (QED) is 0.407. The van der Waals surface area contributed by atoms with Gasteiger partial charge in [-0.2, -0.15) is 0 Å². The Kier molecular flexibility index (Phi) is 7.69. The molecule has 10 heteroatoms. The van der Waals surface area contributed by atoms with E-state index >= 15 is 0 Å². The maximum atomic E-state index is 12.1. The third-order valence-electron chi connectivity index (χ3n) is 5.56. The Morgan fingerprint density at radius 2 is 2.03 bits per heavy atom. The minimum atomic E-state index is -0.420. The summed E-state index contributed by atoms with van der Waals surface area (Å²) in [6, 6.07) is 10.6. The number of hydrogen-bond acceptors (Lipinski definition) is 7. The van der Waals surface area contributed by atoms with Crippen molar-refractivity contribution in [3.8, 4) is 11.5 Å². The second-order valence-corrected chi connectivity index (χ2v) is 8.41. The van der Waals surface area contributed by atoms with Crippen molar-refractivity contribution in [2.75, 3.05) is 25.5 Å². The third-order valence-corrected chi connectivity index (χ3v) is 6.00. The number of piperidine rings is 1. The molecule has 3 N–H and O–H groups in total. The second-order valence-electron chi connectivity index (χ2n) is 7.78. The van der Waals surface area contributed by atoms with E-state index in [9.17, 15) is 4.79 Å². The minimum Gasteiger partial charge on any atom is -0.493 e. The Balaban J connectivity index is 1.70. The van der Waals surface area contributed by atoms with Crippen LogP contribution in [-0.2, 0) is 4.79 Å². The summed E-state index contributed by atoms with van der Waals surface area (Å²) in [5, 5.41) is 8.02. The Labute approximate surface area is 202 Å². The number of carbonyl (C=O) groups is 1. The van der Waals surface area contributed by atoms with Crippen LogP contribution in [0.2, 0.25) is 5.02 Å². The van der Waals surface area contributed by atoms with Crippen molar-refractivity contribution in [2.45, 2.75) is 31.4 Å². The lowest BCUT2D eigenvalue weighted by Gasteiger charge is -2.25. The van der Waals surface area contributed by atoms with Gasteiger partial charge in [0.05, 0.1) is 25.1 Å². The molecule has 8 nitrogen and oxygen atoms in total. The zero-order valence-corrected chi connectivity index (χ0v) is 19.6. The molecule has 1 aliphatic heterocycles. The smallest absolute Gasteiger partial charge is 0.236 e. The standard InChI is InChI=1S/C23H25Cl2N5O3/c1-32-20-11-19-17(10-21(20)33-16-5-7-26-8-6-16)23(28-13-27-19)29-18(12-22(31)30-25)14-3-2-4-15(24)9-14/h2-4,9-11,13,16,18,26H,5-8,12H2,1H3,(H,30,31)(H,27,28,29). The third kappa shape index (κ3) is 5.76. The number of hydrogen-bond donors (Lipinski definition) is 3. The number of carbonyl (C=O) groups excluding carboxylic acids is 1. The van der Waals surface area contributed by atoms with Crippen LogP contribution in [0.25, 0.3) is 10.9 Å². The van der Waals surface area contributed by atoms with Gasteiger partial charge in [0.25, 0.3) is 0 Å². The van der Waals surface area contributed by atoms with E-state index in [1.807, 2.05) is 24.3 Å². The first kappa shape index (κ1) is 23.4. The molecule has 2 aromatic carbocycles. The van der Waals surface area contributed by atoms with Crippen LogP contribution in [-0.4, -0.2) is 42.2 Å². The highest BCUT2D eigenvalue weighted by Crippen LogP contribution is 2.36. The lowest BCUT2D eigenvalue weighted by Crippen LogP contribution is -2.34. The number of nitrogens with zero attached hydrogens (tertiary/aromatic N) is 2. The van der Waals surface area contributed by atoms with Gasteiger partial charge in [0, 0.05) is 28.3 Å². The Bertz CT molecular complexity index is 1120. The van der Waals surface area contributed by atoms with Gasteiger partial charge in [0.1, 0.15) is 18.2 Å². The van der Waals surface area contributed by atoms with Crippen molar-refractivity contribution in [3.05, 3.63) is 53.3 Å². The van der Waals surface area contributed by atoms with Crippen LogP contribution in [0.15, 0.2) is 42.7 Å². The number of methoxy groups -OCH3 is 1. The average molecular weight is 490 g/mol. The van der Waals surface area contributed by atoms with E-state index in [0.29, 0.717) is 27.9 Å². The molecule has 0 bridgehead atoms. The summed E-state index contributed by atoms with van der Waals surface area (Å²) in [5.41, 5.74) is 1.52. The molecule has 1 aliphatic rings. The first-order chi connectivity index (χ1) is 16.1. The second kappa shape index (κ2) is 10.9. The molecule has 1 aromatic heterocycles. The summed E-state index contributed by atoms with van der Waals surface area (Å²) in [5.74, 6) is 1.47. The first-order valence-corrected chi connectivity index (χ1v) is 11.4. The number of ether oxygens (including phenoxy) is 2. The molecular weight excluding hydrogens is 465 g/mol. The van der Waals surface area contributed by atoms with Crippen molar-refractivity contribution >= 4 is 46.0 Å². The van der Waals surface area contributed by atoms with Gasteiger partial charge < -0.3 is 20.1 Å². The van der Waals surface area contributed by atoms with Crippen molar-refractivity contribution in [3.63, 3.8) is 0 Å². The molecule has 2 heterocycles. The average Bonchev–Trinajstić information content (AvgIpc) is 2.84. The van der Waals surface area contributed by atoms with Gasteiger partial charge in [-0.25, -0.2) is 9.97 Å². The number of nitrogens with one attached hydrogen (secondary N) is 3. The number of rotatable bonds is 8. The van der Waals surface area contributed by atoms with Crippen LogP contribution < -0.4 is 24.9 Å². The molecule has 1 saturated heterocycles. The van der Waals surface area contributed by atoms with Crippen LogP contribution >= 0.6 is 23.4 Å². The summed E-state index contributed by atoms with van der Waals surface area (Å²) < 4.78 is 11.8. The SMILES string of the molecule is COc1cc2ncnc(NC(CC(=O)NCl)c3cccc(Cl)c3)c2cc1OC1CCNCC1. The van der Waals surface area contributed by atoms with Crippen LogP contribution in [0.4, 0.5) is 5.82 Å². The summed E-state index contributed by atoms with van der Waals surface area (Å²) in [6.07, 6.45) is 3.49. The molecule has 0 spiro atoms. The van der Waals surface area contributed by atoms with E-state index < -0.39 is 6.04 Å². The number of halogens is 2. The number of aromatic nitrogens is 2. The van der Waals surface area contributed by atoms with Crippen LogP contribution in [0.5, 0.6) is 11.5 Å². The van der Waals surface area contributed by atoms with Gasteiger partial charge in [-0.1, -0.05) is 23.7 Å². The van der Waals surface area contributed by atoms with Crippen LogP contribution in [0.1, 0.15) is 30.9 Å². The van der Waals surface area contributed by atoms with Gasteiger partial charge in [0.2, 0.25) is 5.91 Å². The molecular formula is C23H25Cl2N5O3. The molecule has 0 saturated carbocycles. The number of anilines is 1. The van der Waals surface area contributed by atoms with Crippen LogP contribution in [0, 0.1) is 0 Å². The fraction of sp³-hybridized carbons (Fsp3) is 0.348. The molecule has 1 fully saturated rings. The molecule has 4 rings (SSSR count). The molecule has 3 aromatic rings. The molecule has 0 aliphatic carbocycles. The predicted molar refractivity (Wildman–Crippen MR) is 129 cm³/mol. The summed E-state index contributed by atoms with van der Waals surface area (Å²) >= 11 is 11.7. The van der Waals surface area contributed by atoms with E-state index in [-0.39, 0.29) is 18.4 Å². The maximum absolute atomic E-state index is 12.1. The van der Waals surface area contributed by atoms with E-state index in [0.717, 1.165) is 36.9 Å². The topological polar surface area (TPSA) is 97.4 Å². The van der Waals surface area contributed by atoms with E-state index in [4.69, 9.17) is 32.9 Å². The van der Waals surface area contributed by atoms with Crippen molar-refractivity contribution in [1.82, 2.24) is 20.1 Å². The zero-order valence-electron chi connectivity index (χ0n) is 18.1. The van der Waals surface area contributed by atoms with Crippen molar-refractivity contribution in [1.29, 1.82) is 0 Å². The highest BCUT2D eigenvalue weighted by atomic mass is 35.5. The van der Waals surface area contributed by atoms with Gasteiger partial charge in [-0.3, -0.25) is 9.63 Å². The molecule has 174 valence electrons. The fourth-order valence-corrected chi connectivity index (χ4v) is 4.16. The van der Waals surface area contributed by atoms with Crippen molar-refractivity contribution in [2.24, 2.45) is 0 Å².